The molecule has 204 valence electrons. The molecule has 0 aliphatic carbocycles. The van der Waals surface area contributed by atoms with Gasteiger partial charge >= 0.3 is 0 Å². The van der Waals surface area contributed by atoms with Crippen LogP contribution in [0.1, 0.15) is 68.1 Å². The maximum Gasteiger partial charge on any atom is 0.178 e. The monoisotopic (exact) mass is 528 g/mol. The molecule has 0 amide bonds. The van der Waals surface area contributed by atoms with E-state index in [0.29, 0.717) is 0 Å². The fourth-order valence-corrected chi connectivity index (χ4v) is 6.93. The van der Waals surface area contributed by atoms with E-state index in [9.17, 15) is 0 Å². The van der Waals surface area contributed by atoms with E-state index in [4.69, 9.17) is 4.74 Å². The first-order valence-electron chi connectivity index (χ1n) is 15.4. The van der Waals surface area contributed by atoms with Gasteiger partial charge in [0.05, 0.1) is 0 Å². The van der Waals surface area contributed by atoms with Crippen LogP contribution >= 0.6 is 0 Å². The first-order valence-corrected chi connectivity index (χ1v) is 15.4. The van der Waals surface area contributed by atoms with Crippen LogP contribution in [0, 0.1) is 0 Å². The Hall–Kier alpha value is -3.72. The quantitative estimate of drug-likeness (QED) is 0.263. The Balaban J connectivity index is 1.24. The summed E-state index contributed by atoms with van der Waals surface area (Å²) in [4.78, 5) is 5.10. The van der Waals surface area contributed by atoms with Gasteiger partial charge < -0.3 is 14.5 Å². The summed E-state index contributed by atoms with van der Waals surface area (Å²) in [7, 11) is 0. The van der Waals surface area contributed by atoms with Crippen molar-refractivity contribution in [1.82, 2.24) is 0 Å². The molecule has 0 saturated carbocycles. The van der Waals surface area contributed by atoms with E-state index in [-0.39, 0.29) is 0 Å². The Kier molecular flexibility index (Phi) is 6.97. The van der Waals surface area contributed by atoms with Crippen molar-refractivity contribution in [2.24, 2.45) is 0 Å². The fourth-order valence-electron chi connectivity index (χ4n) is 6.93. The number of piperidine rings is 1. The zero-order valence-electron chi connectivity index (χ0n) is 23.5. The van der Waals surface area contributed by atoms with Gasteiger partial charge in [0.2, 0.25) is 0 Å². The van der Waals surface area contributed by atoms with Gasteiger partial charge in [0.15, 0.2) is 5.60 Å². The lowest BCUT2D eigenvalue weighted by Crippen LogP contribution is -2.34. The van der Waals surface area contributed by atoms with Crippen LogP contribution in [0.25, 0.3) is 16.8 Å². The Labute approximate surface area is 239 Å². The molecule has 3 aliphatic heterocycles. The van der Waals surface area contributed by atoms with E-state index in [1.54, 1.807) is 0 Å². The standard InChI is InChI=1S/C37H40N2O/c1-2-8-24-38(25-9-3-1)32-17-15-31(16-18-32)37(30-12-6-4-7-13-30)23-22-35-34-20-19-33(39-26-10-5-11-27-39)28-29(34)14-21-36(35)40-37/h4,6-7,12-23,28H,1-3,5,8-11,24-27H2. The molecule has 3 nitrogen and oxygen atoms in total. The van der Waals surface area contributed by atoms with Crippen molar-refractivity contribution in [3.63, 3.8) is 0 Å². The van der Waals surface area contributed by atoms with Crippen molar-refractivity contribution in [2.75, 3.05) is 36.0 Å². The number of anilines is 2. The number of hydrogen-bond donors (Lipinski definition) is 0. The highest BCUT2D eigenvalue weighted by Crippen LogP contribution is 2.45. The van der Waals surface area contributed by atoms with Crippen LogP contribution in [0.4, 0.5) is 11.4 Å². The van der Waals surface area contributed by atoms with E-state index in [1.165, 1.54) is 79.1 Å². The van der Waals surface area contributed by atoms with Gasteiger partial charge in [-0.3, -0.25) is 0 Å². The molecule has 0 radical (unpaired) electrons. The van der Waals surface area contributed by atoms with Crippen molar-refractivity contribution in [2.45, 2.75) is 57.0 Å². The molecule has 2 fully saturated rings. The van der Waals surface area contributed by atoms with E-state index < -0.39 is 5.60 Å². The van der Waals surface area contributed by atoms with Crippen LogP contribution in [0.2, 0.25) is 0 Å². The molecule has 3 heterocycles. The smallest absolute Gasteiger partial charge is 0.178 e. The van der Waals surface area contributed by atoms with Gasteiger partial charge in [-0.1, -0.05) is 73.9 Å². The van der Waals surface area contributed by atoms with Gasteiger partial charge in [-0.2, -0.15) is 0 Å². The van der Waals surface area contributed by atoms with Crippen molar-refractivity contribution >= 4 is 28.2 Å². The lowest BCUT2D eigenvalue weighted by Gasteiger charge is -2.37. The van der Waals surface area contributed by atoms with Gasteiger partial charge in [-0.05, 0) is 85.4 Å². The Morgan fingerprint density at radius 2 is 1.15 bits per heavy atom. The largest absolute Gasteiger partial charge is 0.473 e. The maximum atomic E-state index is 7.06. The van der Waals surface area contributed by atoms with Crippen LogP contribution in [-0.2, 0) is 5.60 Å². The number of benzene rings is 4. The summed E-state index contributed by atoms with van der Waals surface area (Å²) >= 11 is 0. The van der Waals surface area contributed by atoms with Gasteiger partial charge in [0.25, 0.3) is 0 Å². The summed E-state index contributed by atoms with van der Waals surface area (Å²) < 4.78 is 7.06. The van der Waals surface area contributed by atoms with E-state index in [1.807, 2.05) is 0 Å². The summed E-state index contributed by atoms with van der Waals surface area (Å²) in [6.07, 6.45) is 15.1. The Morgan fingerprint density at radius 3 is 1.88 bits per heavy atom. The van der Waals surface area contributed by atoms with Crippen LogP contribution in [0.3, 0.4) is 0 Å². The number of hydrogen-bond acceptors (Lipinski definition) is 3. The third-order valence-corrected chi connectivity index (χ3v) is 9.20. The van der Waals surface area contributed by atoms with Crippen molar-refractivity contribution in [3.8, 4) is 5.75 Å². The van der Waals surface area contributed by atoms with E-state index >= 15 is 0 Å². The fraction of sp³-hybridized carbons (Fsp3) is 0.351. The van der Waals surface area contributed by atoms with E-state index in [0.717, 1.165) is 43.1 Å². The molecule has 7 rings (SSSR count). The molecule has 0 spiro atoms. The molecule has 1 unspecified atom stereocenters. The molecular weight excluding hydrogens is 488 g/mol. The minimum Gasteiger partial charge on any atom is -0.473 e. The summed E-state index contributed by atoms with van der Waals surface area (Å²) in [5, 5.41) is 2.53. The highest BCUT2D eigenvalue weighted by molar-refractivity contribution is 5.96. The predicted molar refractivity (Wildman–Crippen MR) is 169 cm³/mol. The lowest BCUT2D eigenvalue weighted by atomic mass is 9.83. The maximum absolute atomic E-state index is 7.06. The number of fused-ring (bicyclic) bond motifs is 3. The molecule has 3 heteroatoms. The molecule has 0 N–H and O–H groups in total. The first-order chi connectivity index (χ1) is 19.8. The van der Waals surface area contributed by atoms with Crippen LogP contribution < -0.4 is 14.5 Å². The van der Waals surface area contributed by atoms with Crippen molar-refractivity contribution < 1.29 is 4.74 Å². The average Bonchev–Trinajstić information content (AvgIpc) is 3.01. The topological polar surface area (TPSA) is 15.7 Å². The van der Waals surface area contributed by atoms with Crippen LogP contribution in [0.5, 0.6) is 5.75 Å². The second-order valence-electron chi connectivity index (χ2n) is 11.8. The Morgan fingerprint density at radius 1 is 0.550 bits per heavy atom. The molecular formula is C37H40N2O. The zero-order valence-corrected chi connectivity index (χ0v) is 23.5. The zero-order chi connectivity index (χ0) is 26.8. The van der Waals surface area contributed by atoms with Crippen molar-refractivity contribution in [1.29, 1.82) is 0 Å². The van der Waals surface area contributed by atoms with Gasteiger partial charge in [-0.25, -0.2) is 0 Å². The van der Waals surface area contributed by atoms with E-state index in [2.05, 4.69) is 107 Å². The minimum atomic E-state index is -0.662. The number of ether oxygens (including phenoxy) is 1. The summed E-state index contributed by atoms with van der Waals surface area (Å²) in [6, 6.07) is 31.2. The summed E-state index contributed by atoms with van der Waals surface area (Å²) in [5.74, 6) is 0.942. The van der Waals surface area contributed by atoms with Crippen LogP contribution in [-0.4, -0.2) is 26.2 Å². The predicted octanol–water partition coefficient (Wildman–Crippen LogP) is 8.95. The highest BCUT2D eigenvalue weighted by Gasteiger charge is 2.37. The molecule has 4 aromatic rings. The SMILES string of the molecule is C1=CC(c2ccccc2)(c2ccc(N3CCCCCCC3)cc2)Oc2ccc3cc(N4CCCCC4)ccc3c21. The summed E-state index contributed by atoms with van der Waals surface area (Å²) in [6.45, 7) is 4.63. The highest BCUT2D eigenvalue weighted by atomic mass is 16.5. The van der Waals surface area contributed by atoms with Gasteiger partial charge in [-0.15, -0.1) is 0 Å². The molecule has 40 heavy (non-hydrogen) atoms. The molecule has 1 atom stereocenters. The number of rotatable bonds is 4. The normalized spacial score (nSPS) is 21.4. The van der Waals surface area contributed by atoms with Gasteiger partial charge in [0.1, 0.15) is 5.75 Å². The van der Waals surface area contributed by atoms with Crippen LogP contribution in [0.15, 0.2) is 91.0 Å². The van der Waals surface area contributed by atoms with Gasteiger partial charge in [0, 0.05) is 54.2 Å². The average molecular weight is 529 g/mol. The molecule has 0 aromatic heterocycles. The molecule has 2 saturated heterocycles. The second kappa shape index (κ2) is 11.0. The lowest BCUT2D eigenvalue weighted by molar-refractivity contribution is 0.161. The Bertz CT molecular complexity index is 1480. The third kappa shape index (κ3) is 4.76. The molecule has 4 aromatic carbocycles. The molecule has 3 aliphatic rings. The third-order valence-electron chi connectivity index (χ3n) is 9.20. The number of nitrogens with zero attached hydrogens (tertiary/aromatic N) is 2. The van der Waals surface area contributed by atoms with Crippen molar-refractivity contribution in [3.05, 3.63) is 108 Å². The summed E-state index contributed by atoms with van der Waals surface area (Å²) in [5.41, 5.74) is 5.49. The minimum absolute atomic E-state index is 0.662. The molecule has 0 bridgehead atoms. The first kappa shape index (κ1) is 25.3. The second-order valence-corrected chi connectivity index (χ2v) is 11.8.